The van der Waals surface area contributed by atoms with Crippen LogP contribution in [0.1, 0.15) is 25.1 Å². The molecule has 7 nitrogen and oxygen atoms in total. The zero-order valence-electron chi connectivity index (χ0n) is 12.1. The number of aliphatic carboxylic acids is 1. The van der Waals surface area contributed by atoms with Crippen molar-refractivity contribution in [3.8, 4) is 0 Å². The fourth-order valence-electron chi connectivity index (χ4n) is 3.68. The van der Waals surface area contributed by atoms with E-state index in [4.69, 9.17) is 0 Å². The molecule has 1 amide bonds. The molecule has 0 radical (unpaired) electrons. The molecule has 1 aromatic heterocycles. The number of carbonyl (C=O) groups is 2. The number of rotatable bonds is 3. The van der Waals surface area contributed by atoms with E-state index in [-0.39, 0.29) is 12.3 Å². The van der Waals surface area contributed by atoms with E-state index in [1.807, 2.05) is 0 Å². The second kappa shape index (κ2) is 5.14. The highest BCUT2D eigenvalue weighted by molar-refractivity contribution is 5.88. The van der Waals surface area contributed by atoms with Gasteiger partial charge in [0.2, 0.25) is 5.91 Å². The molecule has 0 aliphatic carbocycles. The number of hydrogen-bond donors (Lipinski definition) is 2. The van der Waals surface area contributed by atoms with Gasteiger partial charge in [-0.1, -0.05) is 0 Å². The number of H-pyrrole nitrogens is 1. The van der Waals surface area contributed by atoms with Crippen molar-refractivity contribution in [2.45, 2.75) is 31.3 Å². The van der Waals surface area contributed by atoms with Crippen molar-refractivity contribution in [3.63, 3.8) is 0 Å². The molecule has 3 heterocycles. The summed E-state index contributed by atoms with van der Waals surface area (Å²) in [5.74, 6) is -0.577. The minimum absolute atomic E-state index is 0.0538. The van der Waals surface area contributed by atoms with Crippen molar-refractivity contribution in [2.24, 2.45) is 5.92 Å². The van der Waals surface area contributed by atoms with E-state index < -0.39 is 17.4 Å². The minimum atomic E-state index is -0.854. The summed E-state index contributed by atoms with van der Waals surface area (Å²) in [5.41, 5.74) is -0.511. The molecular formula is C14H20N4O3. The molecule has 3 rings (SSSR count). The molecule has 2 aliphatic heterocycles. The summed E-state index contributed by atoms with van der Waals surface area (Å²) in [6.45, 7) is 2.29. The molecule has 0 aromatic carbocycles. The van der Waals surface area contributed by atoms with Crippen LogP contribution in [-0.4, -0.2) is 62.4 Å². The van der Waals surface area contributed by atoms with Crippen LogP contribution >= 0.6 is 0 Å². The Kier molecular flexibility index (Phi) is 3.44. The molecular weight excluding hydrogens is 272 g/mol. The number of carboxylic acid groups (broad SMARTS) is 1. The van der Waals surface area contributed by atoms with Crippen LogP contribution in [0.25, 0.3) is 0 Å². The van der Waals surface area contributed by atoms with Gasteiger partial charge in [0, 0.05) is 39.0 Å². The van der Waals surface area contributed by atoms with Crippen molar-refractivity contribution in [1.82, 2.24) is 19.8 Å². The van der Waals surface area contributed by atoms with Gasteiger partial charge in [-0.25, -0.2) is 4.98 Å². The summed E-state index contributed by atoms with van der Waals surface area (Å²) >= 11 is 0. The van der Waals surface area contributed by atoms with E-state index in [2.05, 4.69) is 14.9 Å². The van der Waals surface area contributed by atoms with Gasteiger partial charge < -0.3 is 15.0 Å². The van der Waals surface area contributed by atoms with Crippen molar-refractivity contribution in [3.05, 3.63) is 18.2 Å². The van der Waals surface area contributed by atoms with Crippen molar-refractivity contribution < 1.29 is 14.7 Å². The number of hydrogen-bond acceptors (Lipinski definition) is 4. The van der Waals surface area contributed by atoms with Crippen LogP contribution in [0.15, 0.2) is 12.4 Å². The quantitative estimate of drug-likeness (QED) is 0.837. The van der Waals surface area contributed by atoms with Crippen LogP contribution in [0.3, 0.4) is 0 Å². The van der Waals surface area contributed by atoms with Crippen LogP contribution in [0, 0.1) is 5.92 Å². The molecule has 2 aliphatic rings. The molecule has 0 bridgehead atoms. The Morgan fingerprint density at radius 3 is 2.81 bits per heavy atom. The second-order valence-electron chi connectivity index (χ2n) is 5.96. The van der Waals surface area contributed by atoms with E-state index >= 15 is 0 Å². The molecule has 1 spiro atoms. The lowest BCUT2D eigenvalue weighted by atomic mass is 9.77. The largest absolute Gasteiger partial charge is 0.481 e. The van der Waals surface area contributed by atoms with Crippen LogP contribution in [0.4, 0.5) is 0 Å². The number of nitrogens with zero attached hydrogens (tertiary/aromatic N) is 3. The van der Waals surface area contributed by atoms with Gasteiger partial charge in [0.1, 0.15) is 5.82 Å². The molecule has 2 N–H and O–H groups in total. The van der Waals surface area contributed by atoms with Crippen LogP contribution in [0.5, 0.6) is 0 Å². The van der Waals surface area contributed by atoms with E-state index in [0.717, 1.165) is 25.5 Å². The highest BCUT2D eigenvalue weighted by atomic mass is 16.4. The molecule has 7 heteroatoms. The van der Waals surface area contributed by atoms with Gasteiger partial charge in [-0.2, -0.15) is 0 Å². The number of aromatic amines is 1. The Labute approximate surface area is 122 Å². The predicted octanol–water partition coefficient (Wildman–Crippen LogP) is 0.307. The maximum absolute atomic E-state index is 11.9. The molecule has 1 aromatic rings. The summed E-state index contributed by atoms with van der Waals surface area (Å²) in [6.07, 6.45) is 5.05. The first-order valence-corrected chi connectivity index (χ1v) is 7.23. The zero-order chi connectivity index (χ0) is 15.0. The summed E-state index contributed by atoms with van der Waals surface area (Å²) < 4.78 is 0. The number of carbonyl (C=O) groups excluding carboxylic acids is 1. The third kappa shape index (κ3) is 2.31. The van der Waals surface area contributed by atoms with Crippen LogP contribution in [0.2, 0.25) is 0 Å². The number of imidazole rings is 1. The number of aromatic nitrogens is 2. The van der Waals surface area contributed by atoms with Gasteiger partial charge >= 0.3 is 5.97 Å². The van der Waals surface area contributed by atoms with E-state index in [9.17, 15) is 14.7 Å². The Balaban J connectivity index is 1.70. The Bertz CT molecular complexity index is 534. The fourth-order valence-corrected chi connectivity index (χ4v) is 3.68. The zero-order valence-corrected chi connectivity index (χ0v) is 12.1. The average Bonchev–Trinajstić information content (AvgIpc) is 3.04. The van der Waals surface area contributed by atoms with Gasteiger partial charge in [-0.15, -0.1) is 0 Å². The molecule has 0 unspecified atom stereocenters. The first kappa shape index (κ1) is 14.1. The lowest BCUT2D eigenvalue weighted by Crippen LogP contribution is -2.55. The molecule has 21 heavy (non-hydrogen) atoms. The van der Waals surface area contributed by atoms with Gasteiger partial charge in [0.05, 0.1) is 18.0 Å². The molecule has 0 saturated carbocycles. The Morgan fingerprint density at radius 2 is 2.24 bits per heavy atom. The number of piperidine rings is 1. The molecule has 1 atom stereocenters. The van der Waals surface area contributed by atoms with Gasteiger partial charge in [-0.05, 0) is 12.8 Å². The summed E-state index contributed by atoms with van der Waals surface area (Å²) in [7, 11) is 1.74. The van der Waals surface area contributed by atoms with E-state index in [0.29, 0.717) is 12.8 Å². The predicted molar refractivity (Wildman–Crippen MR) is 74.3 cm³/mol. The first-order valence-electron chi connectivity index (χ1n) is 7.23. The van der Waals surface area contributed by atoms with Crippen molar-refractivity contribution >= 4 is 11.9 Å². The maximum atomic E-state index is 11.9. The van der Waals surface area contributed by atoms with Gasteiger partial charge in [-0.3, -0.25) is 14.5 Å². The van der Waals surface area contributed by atoms with Gasteiger partial charge in [0.25, 0.3) is 0 Å². The molecule has 2 saturated heterocycles. The number of nitrogens with one attached hydrogen (secondary N) is 1. The van der Waals surface area contributed by atoms with Crippen LogP contribution < -0.4 is 0 Å². The topological polar surface area (TPSA) is 89.5 Å². The minimum Gasteiger partial charge on any atom is -0.481 e. The lowest BCUT2D eigenvalue weighted by Gasteiger charge is -2.45. The van der Waals surface area contributed by atoms with E-state index in [1.165, 1.54) is 0 Å². The summed E-state index contributed by atoms with van der Waals surface area (Å²) in [4.78, 5) is 34.6. The smallest absolute Gasteiger partial charge is 0.309 e. The van der Waals surface area contributed by atoms with Crippen molar-refractivity contribution in [2.75, 3.05) is 20.1 Å². The highest BCUT2D eigenvalue weighted by Gasteiger charge is 2.55. The van der Waals surface area contributed by atoms with Gasteiger partial charge in [0.15, 0.2) is 0 Å². The Hall–Kier alpha value is -1.89. The maximum Gasteiger partial charge on any atom is 0.309 e. The fraction of sp³-hybridized carbons (Fsp3) is 0.643. The number of likely N-dealkylation sites (tertiary alicyclic amines) is 2. The first-order chi connectivity index (χ1) is 10.0. The molecule has 2 fully saturated rings. The third-order valence-corrected chi connectivity index (χ3v) is 5.02. The Morgan fingerprint density at radius 1 is 1.52 bits per heavy atom. The number of amides is 1. The second-order valence-corrected chi connectivity index (χ2v) is 5.96. The highest BCUT2D eigenvalue weighted by Crippen LogP contribution is 2.42. The third-order valence-electron chi connectivity index (χ3n) is 5.02. The summed E-state index contributed by atoms with van der Waals surface area (Å²) in [6, 6.07) is 0. The summed E-state index contributed by atoms with van der Waals surface area (Å²) in [5, 5.41) is 9.43. The lowest BCUT2D eigenvalue weighted by molar-refractivity contribution is -0.146. The van der Waals surface area contributed by atoms with Crippen LogP contribution in [-0.2, 0) is 16.1 Å². The normalized spacial score (nSPS) is 25.7. The monoisotopic (exact) mass is 292 g/mol. The standard InChI is InChI=1S/C14H20N4O3/c1-17-12(19)8-10(13(20)21)14(17)2-6-18(7-3-14)9-11-15-4-5-16-11/h4-5,10H,2-3,6-9H2,1H3,(H,15,16)(H,20,21)/t10-/m1/s1. The molecule has 114 valence electrons. The SMILES string of the molecule is CN1C(=O)C[C@H](C(=O)O)C12CCN(Cc1ncc[nH]1)CC2. The average molecular weight is 292 g/mol. The van der Waals surface area contributed by atoms with Crippen molar-refractivity contribution in [1.29, 1.82) is 0 Å². The number of carboxylic acids is 1. The van der Waals surface area contributed by atoms with E-state index in [1.54, 1.807) is 24.3 Å².